The molecule has 0 unspecified atom stereocenters. The van der Waals surface area contributed by atoms with Gasteiger partial charge in [-0.2, -0.15) is 0 Å². The van der Waals surface area contributed by atoms with Crippen molar-refractivity contribution in [3.63, 3.8) is 0 Å². The Bertz CT molecular complexity index is 502. The molecule has 0 aliphatic heterocycles. The highest BCUT2D eigenvalue weighted by Crippen LogP contribution is 2.18. The van der Waals surface area contributed by atoms with Crippen molar-refractivity contribution in [2.45, 2.75) is 4.90 Å². The Kier molecular flexibility index (Phi) is 5.28. The molecule has 0 aromatic heterocycles. The van der Waals surface area contributed by atoms with Crippen LogP contribution in [-0.4, -0.2) is 33.1 Å². The van der Waals surface area contributed by atoms with Gasteiger partial charge in [-0.25, -0.2) is 8.42 Å². The summed E-state index contributed by atoms with van der Waals surface area (Å²) in [6.07, 6.45) is 2.88. The van der Waals surface area contributed by atoms with Crippen molar-refractivity contribution < 1.29 is 22.1 Å². The summed E-state index contributed by atoms with van der Waals surface area (Å²) in [4.78, 5) is 0.171. The Balaban J connectivity index is 0.00000256. The first-order chi connectivity index (χ1) is 7.24. The monoisotopic (exact) mass is 282 g/mol. The summed E-state index contributed by atoms with van der Waals surface area (Å²) in [6.45, 7) is 0. The molecule has 1 aromatic rings. The second-order valence-electron chi connectivity index (χ2n) is 3.84. The van der Waals surface area contributed by atoms with Gasteiger partial charge in [-0.15, -0.1) is 4.21 Å². The number of ether oxygens (including phenoxy) is 1. The average Bonchev–Trinajstić information content (AvgIpc) is 2.14. The minimum absolute atomic E-state index is 0. The lowest BCUT2D eigenvalue weighted by atomic mass is 10.3. The van der Waals surface area contributed by atoms with E-state index in [4.69, 9.17) is 4.74 Å². The summed E-state index contributed by atoms with van der Waals surface area (Å²) in [7, 11) is -4.28. The third kappa shape index (κ3) is 4.82. The van der Waals surface area contributed by atoms with Crippen LogP contribution in [0.4, 0.5) is 0 Å². The molecule has 0 saturated heterocycles. The van der Waals surface area contributed by atoms with Gasteiger partial charge < -0.3 is 9.44 Å². The van der Waals surface area contributed by atoms with Gasteiger partial charge in [0.25, 0.3) is 0 Å². The molecule has 0 saturated carbocycles. The molecule has 0 aliphatic carbocycles. The van der Waals surface area contributed by atoms with Crippen molar-refractivity contribution in [2.24, 2.45) is 0 Å². The predicted octanol–water partition coefficient (Wildman–Crippen LogP) is -1.81. The van der Waals surface area contributed by atoms with Crippen LogP contribution in [0, 0.1) is 0 Å². The summed E-state index contributed by atoms with van der Waals surface area (Å²) >= 11 is 0. The van der Waals surface area contributed by atoms with Crippen LogP contribution in [0.2, 0.25) is 0 Å². The molecule has 0 aliphatic rings. The quantitative estimate of drug-likeness (QED) is 0.611. The largest absolute Gasteiger partial charge is 1.00 e. The number of hydrogen-bond acceptors (Lipinski definition) is 4. The third-order valence-corrected chi connectivity index (χ3v) is 6.36. The van der Waals surface area contributed by atoms with E-state index in [1.54, 1.807) is 12.1 Å². The van der Waals surface area contributed by atoms with Crippen LogP contribution in [0.15, 0.2) is 29.2 Å². The van der Waals surface area contributed by atoms with Crippen molar-refractivity contribution >= 4 is 19.8 Å². The highest BCUT2D eigenvalue weighted by atomic mass is 32.3. The smallest absolute Gasteiger partial charge is 0.223 e. The number of benzene rings is 1. The number of rotatable bonds is 4. The fraction of sp³-hybridized carbons (Fsp3) is 0.400. The van der Waals surface area contributed by atoms with Crippen LogP contribution in [-0.2, 0) is 24.0 Å². The number of methoxy groups -OCH3 is 1. The lowest BCUT2D eigenvalue weighted by molar-refractivity contribution is -0.00000774. The van der Waals surface area contributed by atoms with Gasteiger partial charge in [-0.1, -0.05) is 0 Å². The molecule has 7 heteroatoms. The second-order valence-corrected chi connectivity index (χ2v) is 9.36. The Hall–Kier alpha value is -0.950. The van der Waals surface area contributed by atoms with Gasteiger partial charge in [0.15, 0.2) is 0 Å². The molecule has 0 amide bonds. The molecule has 0 spiro atoms. The van der Waals surface area contributed by atoms with Gasteiger partial charge in [0.1, 0.15) is 18.3 Å². The molecule has 0 radical (unpaired) electrons. The minimum atomic E-state index is -3.47. The van der Waals surface area contributed by atoms with Gasteiger partial charge >= 0.3 is 0 Å². The Labute approximate surface area is 102 Å². The maximum atomic E-state index is 11.8. The van der Waals surface area contributed by atoms with E-state index in [1.165, 1.54) is 31.8 Å². The van der Waals surface area contributed by atoms with Crippen molar-refractivity contribution in [3.05, 3.63) is 24.3 Å². The molecule has 0 atom stereocenters. The predicted molar refractivity (Wildman–Crippen MR) is 64.9 cm³/mol. The zero-order chi connectivity index (χ0) is 12.4. The number of halogens is 1. The summed E-state index contributed by atoms with van der Waals surface area (Å²) in [5, 5.41) is -0.327. The molecule has 1 rings (SSSR count). The fourth-order valence-electron chi connectivity index (χ4n) is 1.22. The first-order valence-corrected chi connectivity index (χ1v) is 8.73. The van der Waals surface area contributed by atoms with E-state index < -0.39 is 19.8 Å². The number of hydrogen-bond donors (Lipinski definition) is 0. The maximum Gasteiger partial charge on any atom is 0.223 e. The van der Waals surface area contributed by atoms with E-state index in [0.29, 0.717) is 5.75 Å². The first-order valence-electron chi connectivity index (χ1n) is 4.53. The molecule has 0 bridgehead atoms. The molecule has 1 aromatic carbocycles. The van der Waals surface area contributed by atoms with Crippen LogP contribution in [0.25, 0.3) is 0 Å². The fourth-order valence-corrected chi connectivity index (χ4v) is 5.31. The summed E-state index contributed by atoms with van der Waals surface area (Å²) in [5.41, 5.74) is 0. The zero-order valence-corrected chi connectivity index (χ0v) is 11.5. The van der Waals surface area contributed by atoms with Crippen LogP contribution in [0.5, 0.6) is 5.75 Å². The summed E-state index contributed by atoms with van der Waals surface area (Å²) in [5.74, 6) is 0.590. The van der Waals surface area contributed by atoms with Gasteiger partial charge in [0, 0.05) is 0 Å². The third-order valence-electron chi connectivity index (χ3n) is 1.86. The van der Waals surface area contributed by atoms with Gasteiger partial charge in [0.05, 0.1) is 21.9 Å². The normalized spacial score (nSPS) is 11.7. The van der Waals surface area contributed by atoms with Gasteiger partial charge in [-0.3, -0.25) is 0 Å². The SMILES string of the molecule is COc1ccc(S(=O)(=O)C[S+](C)(C)=O)cc1.[F-]. The van der Waals surface area contributed by atoms with Crippen molar-refractivity contribution in [2.75, 3.05) is 24.7 Å². The molecular formula is C10H15FO4S2. The first kappa shape index (κ1) is 16.1. The van der Waals surface area contributed by atoms with Crippen LogP contribution >= 0.6 is 0 Å². The van der Waals surface area contributed by atoms with Gasteiger partial charge in [0.2, 0.25) is 14.9 Å². The average molecular weight is 282 g/mol. The Morgan fingerprint density at radius 2 is 1.65 bits per heavy atom. The lowest BCUT2D eigenvalue weighted by Crippen LogP contribution is -3.00. The van der Waals surface area contributed by atoms with E-state index in [-0.39, 0.29) is 14.7 Å². The molecule has 98 valence electrons. The summed E-state index contributed by atoms with van der Waals surface area (Å²) < 4.78 is 40.1. The molecular weight excluding hydrogens is 267 g/mol. The van der Waals surface area contributed by atoms with Crippen molar-refractivity contribution in [1.82, 2.24) is 0 Å². The lowest BCUT2D eigenvalue weighted by Gasteiger charge is -2.05. The highest BCUT2D eigenvalue weighted by molar-refractivity contribution is 8.13. The maximum absolute atomic E-state index is 11.8. The number of sulfone groups is 1. The van der Waals surface area contributed by atoms with E-state index in [2.05, 4.69) is 0 Å². The van der Waals surface area contributed by atoms with E-state index in [1.807, 2.05) is 0 Å². The summed E-state index contributed by atoms with van der Waals surface area (Å²) in [6, 6.07) is 6.05. The van der Waals surface area contributed by atoms with Crippen molar-refractivity contribution in [1.29, 1.82) is 0 Å². The van der Waals surface area contributed by atoms with Crippen LogP contribution in [0.3, 0.4) is 0 Å². The zero-order valence-electron chi connectivity index (χ0n) is 9.84. The Morgan fingerprint density at radius 1 is 1.18 bits per heavy atom. The van der Waals surface area contributed by atoms with Crippen molar-refractivity contribution in [3.8, 4) is 5.75 Å². The van der Waals surface area contributed by atoms with Crippen LogP contribution in [0.1, 0.15) is 0 Å². The molecule has 0 fully saturated rings. The molecule has 4 nitrogen and oxygen atoms in total. The molecule has 0 heterocycles. The van der Waals surface area contributed by atoms with E-state index in [0.717, 1.165) is 0 Å². The topological polar surface area (TPSA) is 60.4 Å². The van der Waals surface area contributed by atoms with Gasteiger partial charge in [-0.05, 0) is 24.3 Å². The highest BCUT2D eigenvalue weighted by Gasteiger charge is 2.26. The minimum Gasteiger partial charge on any atom is -1.00 e. The molecule has 17 heavy (non-hydrogen) atoms. The van der Waals surface area contributed by atoms with Crippen LogP contribution < -0.4 is 9.44 Å². The van der Waals surface area contributed by atoms with E-state index >= 15 is 0 Å². The molecule has 0 N–H and O–H groups in total. The van der Waals surface area contributed by atoms with E-state index in [9.17, 15) is 12.6 Å². The Morgan fingerprint density at radius 3 is 2.00 bits per heavy atom. The second kappa shape index (κ2) is 5.59. The standard InChI is InChI=1S/C10H15O4S2.FH/c1-14-9-4-6-10(7-5-9)16(12,13)8-15(2,3)11;/h4-7H,8H2,1-3H3;1H/q+1;/p-1.